The molecule has 2 N–H and O–H groups in total. The predicted molar refractivity (Wildman–Crippen MR) is 152 cm³/mol. The molecule has 7 nitrogen and oxygen atoms in total. The van der Waals surface area contributed by atoms with Gasteiger partial charge in [-0.2, -0.15) is 9.97 Å². The molecule has 0 saturated carbocycles. The zero-order valence-corrected chi connectivity index (χ0v) is 22.6. The van der Waals surface area contributed by atoms with Crippen LogP contribution in [0.1, 0.15) is 38.5 Å². The lowest BCUT2D eigenvalue weighted by Crippen LogP contribution is -2.51. The summed E-state index contributed by atoms with van der Waals surface area (Å²) in [5.74, 6) is 0.393. The molecule has 4 aliphatic heterocycles. The molecule has 0 spiro atoms. The fraction of sp³-hybridized carbons (Fsp3) is 0.467. The van der Waals surface area contributed by atoms with Gasteiger partial charge in [0, 0.05) is 58.8 Å². The van der Waals surface area contributed by atoms with Crippen LogP contribution in [0.2, 0.25) is 5.02 Å². The molecule has 0 amide bonds. The van der Waals surface area contributed by atoms with Gasteiger partial charge in [-0.05, 0) is 69.8 Å². The summed E-state index contributed by atoms with van der Waals surface area (Å²) in [6.45, 7) is 4.50. The standard InChI is InChI=1S/C30H32ClFN6O/c31-23-4-1-5-24-25(23)22(14-33-24)20-8-9-21-27(26(20)32)35-29(39-17-30-10-2-12-38(30)13-3-11-30)36-28(21)37-15-18-6-7-19(16-37)34-18/h1,4-5,8-9,14,18-19,33-34H,2-3,6-7,10-13,15-17H2. The summed E-state index contributed by atoms with van der Waals surface area (Å²) in [4.78, 5) is 17.8. The van der Waals surface area contributed by atoms with E-state index >= 15 is 4.39 Å². The van der Waals surface area contributed by atoms with E-state index in [0.29, 0.717) is 34.8 Å². The summed E-state index contributed by atoms with van der Waals surface area (Å²) < 4.78 is 22.9. The summed E-state index contributed by atoms with van der Waals surface area (Å²) in [6.07, 6.45) is 8.80. The average molecular weight is 547 g/mol. The Morgan fingerprint density at radius 3 is 2.62 bits per heavy atom. The zero-order valence-electron chi connectivity index (χ0n) is 21.9. The maximum atomic E-state index is 16.5. The SMILES string of the molecule is Fc1c(-c2c[nH]c3cccc(Cl)c23)ccc2c(N3CC4CCC(C3)N4)nc(OCC34CCCN3CCC4)nc12. The molecule has 6 heterocycles. The van der Waals surface area contributed by atoms with Crippen molar-refractivity contribution in [2.75, 3.05) is 37.7 Å². The van der Waals surface area contributed by atoms with Crippen LogP contribution >= 0.6 is 11.6 Å². The van der Waals surface area contributed by atoms with E-state index in [2.05, 4.69) is 20.1 Å². The first-order valence-electron chi connectivity index (χ1n) is 14.2. The first-order valence-corrected chi connectivity index (χ1v) is 14.6. The number of halogens is 2. The molecule has 4 fully saturated rings. The largest absolute Gasteiger partial charge is 0.461 e. The number of rotatable bonds is 5. The van der Waals surface area contributed by atoms with Gasteiger partial charge in [-0.1, -0.05) is 23.7 Å². The summed E-state index contributed by atoms with van der Waals surface area (Å²) in [5.41, 5.74) is 2.43. The Hall–Kier alpha value is -2.94. The molecule has 2 atom stereocenters. The molecule has 4 aromatic rings. The molecule has 0 aliphatic carbocycles. The van der Waals surface area contributed by atoms with Crippen molar-refractivity contribution in [1.82, 2.24) is 25.2 Å². The first-order chi connectivity index (χ1) is 19.1. The van der Waals surface area contributed by atoms with Crippen molar-refractivity contribution in [3.63, 3.8) is 0 Å². The minimum absolute atomic E-state index is 0.0633. The normalized spacial score (nSPS) is 24.2. The molecule has 2 aromatic carbocycles. The Morgan fingerprint density at radius 2 is 1.82 bits per heavy atom. The second-order valence-corrected chi connectivity index (χ2v) is 12.2. The van der Waals surface area contributed by atoms with Crippen LogP contribution in [-0.2, 0) is 0 Å². The molecule has 2 unspecified atom stereocenters. The lowest BCUT2D eigenvalue weighted by atomic mass is 9.95. The van der Waals surface area contributed by atoms with Crippen molar-refractivity contribution in [3.05, 3.63) is 47.4 Å². The van der Waals surface area contributed by atoms with Crippen LogP contribution < -0.4 is 15.0 Å². The molecule has 9 heteroatoms. The molecule has 4 aliphatic rings. The third-order valence-corrected chi connectivity index (χ3v) is 9.82. The topological polar surface area (TPSA) is 69.3 Å². The lowest BCUT2D eigenvalue weighted by Gasteiger charge is -2.34. The van der Waals surface area contributed by atoms with Crippen molar-refractivity contribution < 1.29 is 9.13 Å². The summed E-state index contributed by atoms with van der Waals surface area (Å²) in [5, 5.41) is 5.80. The van der Waals surface area contributed by atoms with Crippen LogP contribution in [0.3, 0.4) is 0 Å². The number of aromatic nitrogens is 3. The number of fused-ring (bicyclic) bond motifs is 5. The highest BCUT2D eigenvalue weighted by Gasteiger charge is 2.45. The van der Waals surface area contributed by atoms with Gasteiger partial charge >= 0.3 is 6.01 Å². The number of aromatic amines is 1. The van der Waals surface area contributed by atoms with Gasteiger partial charge in [0.15, 0.2) is 5.82 Å². The van der Waals surface area contributed by atoms with Crippen molar-refractivity contribution in [1.29, 1.82) is 0 Å². The molecule has 202 valence electrons. The monoisotopic (exact) mass is 546 g/mol. The van der Waals surface area contributed by atoms with Gasteiger partial charge in [-0.15, -0.1) is 0 Å². The highest BCUT2D eigenvalue weighted by atomic mass is 35.5. The number of nitrogens with zero attached hydrogens (tertiary/aromatic N) is 4. The highest BCUT2D eigenvalue weighted by Crippen LogP contribution is 2.41. The molecule has 2 aromatic heterocycles. The number of ether oxygens (including phenoxy) is 1. The summed E-state index contributed by atoms with van der Waals surface area (Å²) in [6, 6.07) is 10.6. The first kappa shape index (κ1) is 23.9. The number of H-pyrrole nitrogens is 1. The van der Waals surface area contributed by atoms with Gasteiger partial charge in [0.2, 0.25) is 0 Å². The van der Waals surface area contributed by atoms with Crippen LogP contribution in [0.15, 0.2) is 36.5 Å². The maximum Gasteiger partial charge on any atom is 0.319 e. The number of hydrogen-bond acceptors (Lipinski definition) is 6. The average Bonchev–Trinajstić information content (AvgIpc) is 3.71. The van der Waals surface area contributed by atoms with E-state index in [1.54, 1.807) is 0 Å². The second-order valence-electron chi connectivity index (χ2n) is 11.8. The van der Waals surface area contributed by atoms with E-state index in [-0.39, 0.29) is 17.4 Å². The number of piperazine rings is 1. The Balaban J connectivity index is 1.24. The Kier molecular flexibility index (Phi) is 5.54. The van der Waals surface area contributed by atoms with Crippen molar-refractivity contribution in [3.8, 4) is 17.1 Å². The van der Waals surface area contributed by atoms with Crippen LogP contribution in [0.5, 0.6) is 6.01 Å². The van der Waals surface area contributed by atoms with E-state index in [4.69, 9.17) is 26.3 Å². The molecule has 8 rings (SSSR count). The summed E-state index contributed by atoms with van der Waals surface area (Å²) >= 11 is 6.55. The minimum Gasteiger partial charge on any atom is -0.461 e. The lowest BCUT2D eigenvalue weighted by molar-refractivity contribution is 0.108. The third-order valence-electron chi connectivity index (χ3n) is 9.51. The molecule has 39 heavy (non-hydrogen) atoms. The van der Waals surface area contributed by atoms with E-state index in [9.17, 15) is 0 Å². The minimum atomic E-state index is -0.374. The van der Waals surface area contributed by atoms with Gasteiger partial charge in [0.1, 0.15) is 17.9 Å². The molecule has 0 radical (unpaired) electrons. The maximum absolute atomic E-state index is 16.5. The predicted octanol–water partition coefficient (Wildman–Crippen LogP) is 5.52. The third kappa shape index (κ3) is 3.83. The van der Waals surface area contributed by atoms with Crippen LogP contribution in [-0.4, -0.2) is 70.3 Å². The molecule has 4 saturated heterocycles. The molecular formula is C30H32ClFN6O. The van der Waals surface area contributed by atoms with Crippen molar-refractivity contribution in [2.24, 2.45) is 0 Å². The number of anilines is 1. The molecular weight excluding hydrogens is 515 g/mol. The number of hydrogen-bond donors (Lipinski definition) is 2. The second kappa shape index (κ2) is 9.04. The van der Waals surface area contributed by atoms with E-state index in [1.165, 1.54) is 12.8 Å². The van der Waals surface area contributed by atoms with Gasteiger partial charge in [0.05, 0.1) is 10.6 Å². The van der Waals surface area contributed by atoms with Gasteiger partial charge in [-0.3, -0.25) is 4.90 Å². The smallest absolute Gasteiger partial charge is 0.319 e. The van der Waals surface area contributed by atoms with Gasteiger partial charge in [-0.25, -0.2) is 4.39 Å². The Labute approximate surface area is 231 Å². The van der Waals surface area contributed by atoms with E-state index in [1.807, 2.05) is 36.5 Å². The van der Waals surface area contributed by atoms with Crippen LogP contribution in [0.4, 0.5) is 10.2 Å². The van der Waals surface area contributed by atoms with Crippen molar-refractivity contribution >= 4 is 39.2 Å². The van der Waals surface area contributed by atoms with Gasteiger partial charge < -0.3 is 19.9 Å². The van der Waals surface area contributed by atoms with Crippen LogP contribution in [0, 0.1) is 5.82 Å². The Bertz CT molecular complexity index is 1570. The van der Waals surface area contributed by atoms with E-state index in [0.717, 1.165) is 79.5 Å². The number of nitrogens with one attached hydrogen (secondary N) is 2. The van der Waals surface area contributed by atoms with E-state index < -0.39 is 0 Å². The Morgan fingerprint density at radius 1 is 1.03 bits per heavy atom. The fourth-order valence-electron chi connectivity index (χ4n) is 7.62. The highest BCUT2D eigenvalue weighted by molar-refractivity contribution is 6.36. The summed E-state index contributed by atoms with van der Waals surface area (Å²) in [7, 11) is 0. The van der Waals surface area contributed by atoms with Gasteiger partial charge in [0.25, 0.3) is 0 Å². The zero-order chi connectivity index (χ0) is 26.1. The van der Waals surface area contributed by atoms with Crippen LogP contribution in [0.25, 0.3) is 32.9 Å². The fourth-order valence-corrected chi connectivity index (χ4v) is 7.90. The molecule has 2 bridgehead atoms. The van der Waals surface area contributed by atoms with Crippen molar-refractivity contribution in [2.45, 2.75) is 56.1 Å². The quantitative estimate of drug-likeness (QED) is 0.343. The number of benzene rings is 2.